The van der Waals surface area contributed by atoms with Crippen LogP contribution >= 0.6 is 24.0 Å². The van der Waals surface area contributed by atoms with E-state index in [0.29, 0.717) is 23.7 Å². The molecule has 0 bridgehead atoms. The van der Waals surface area contributed by atoms with Crippen LogP contribution < -0.4 is 5.73 Å². The van der Waals surface area contributed by atoms with E-state index in [-0.39, 0.29) is 29.6 Å². The summed E-state index contributed by atoms with van der Waals surface area (Å²) in [4.78, 5) is 14.7. The van der Waals surface area contributed by atoms with Crippen LogP contribution in [0.15, 0.2) is 30.5 Å². The Morgan fingerprint density at radius 2 is 1.88 bits per heavy atom. The summed E-state index contributed by atoms with van der Waals surface area (Å²) in [6, 6.07) is 7.44. The van der Waals surface area contributed by atoms with E-state index < -0.39 is 0 Å². The van der Waals surface area contributed by atoms with Crippen molar-refractivity contribution in [1.82, 2.24) is 14.7 Å². The predicted octanol–water partition coefficient (Wildman–Crippen LogP) is 4.13. The lowest BCUT2D eigenvalue weighted by atomic mass is 9.93. The number of aromatic nitrogens is 2. The Labute approximate surface area is 166 Å². The van der Waals surface area contributed by atoms with Gasteiger partial charge in [-0.05, 0) is 42.1 Å². The van der Waals surface area contributed by atoms with Gasteiger partial charge in [-0.15, -0.1) is 12.4 Å². The number of nitrogens with zero attached hydrogens (tertiary/aromatic N) is 3. The van der Waals surface area contributed by atoms with Crippen molar-refractivity contribution in [3.8, 4) is 5.69 Å². The summed E-state index contributed by atoms with van der Waals surface area (Å²) in [7, 11) is 1.81. The van der Waals surface area contributed by atoms with Crippen molar-refractivity contribution in [2.24, 2.45) is 11.1 Å². The fourth-order valence-corrected chi connectivity index (χ4v) is 2.98. The highest BCUT2D eigenvalue weighted by Gasteiger charge is 2.26. The average Bonchev–Trinajstić information content (AvgIpc) is 2.99. The molecule has 0 saturated heterocycles. The molecule has 0 fully saturated rings. The molecule has 1 amide bonds. The monoisotopic (exact) mass is 398 g/mol. The first-order chi connectivity index (χ1) is 11.7. The van der Waals surface area contributed by atoms with E-state index >= 15 is 0 Å². The minimum absolute atomic E-state index is 0. The summed E-state index contributed by atoms with van der Waals surface area (Å²) < 4.78 is 1.82. The molecule has 0 aliphatic heterocycles. The number of carbonyl (C=O) groups excluding carboxylic acids is 1. The number of halogens is 2. The predicted molar refractivity (Wildman–Crippen MR) is 110 cm³/mol. The van der Waals surface area contributed by atoms with Crippen LogP contribution in [0.3, 0.4) is 0 Å². The van der Waals surface area contributed by atoms with Crippen LogP contribution in [0.1, 0.15) is 49.7 Å². The second-order valence-corrected chi connectivity index (χ2v) is 7.95. The van der Waals surface area contributed by atoms with Crippen LogP contribution in [-0.4, -0.2) is 40.7 Å². The highest BCUT2D eigenvalue weighted by molar-refractivity contribution is 6.30. The van der Waals surface area contributed by atoms with Crippen molar-refractivity contribution in [2.75, 3.05) is 20.1 Å². The normalized spacial score (nSPS) is 11.4. The zero-order valence-electron chi connectivity index (χ0n) is 16.0. The van der Waals surface area contributed by atoms with E-state index in [1.807, 2.05) is 36.0 Å². The van der Waals surface area contributed by atoms with Crippen LogP contribution in [0.25, 0.3) is 5.69 Å². The van der Waals surface area contributed by atoms with Gasteiger partial charge in [-0.25, -0.2) is 4.68 Å². The zero-order chi connectivity index (χ0) is 18.8. The molecule has 0 spiro atoms. The van der Waals surface area contributed by atoms with Gasteiger partial charge in [0.2, 0.25) is 0 Å². The quantitative estimate of drug-likeness (QED) is 0.795. The molecule has 1 heterocycles. The maximum Gasteiger partial charge on any atom is 0.257 e. The second-order valence-electron chi connectivity index (χ2n) is 7.52. The summed E-state index contributed by atoms with van der Waals surface area (Å²) in [5, 5.41) is 5.13. The maximum atomic E-state index is 13.0. The van der Waals surface area contributed by atoms with Crippen LogP contribution in [0, 0.1) is 5.41 Å². The Morgan fingerprint density at radius 3 is 2.38 bits per heavy atom. The number of nitrogens with two attached hydrogens (primary N) is 1. The van der Waals surface area contributed by atoms with Gasteiger partial charge in [0.15, 0.2) is 0 Å². The van der Waals surface area contributed by atoms with Crippen molar-refractivity contribution >= 4 is 29.9 Å². The lowest BCUT2D eigenvalue weighted by Crippen LogP contribution is -2.40. The average molecular weight is 399 g/mol. The summed E-state index contributed by atoms with van der Waals surface area (Å²) in [6.07, 6.45) is 1.65. The van der Waals surface area contributed by atoms with Gasteiger partial charge in [0.05, 0.1) is 23.1 Å². The summed E-state index contributed by atoms with van der Waals surface area (Å²) in [6.45, 7) is 9.33. The molecule has 7 heteroatoms. The molecule has 144 valence electrons. The van der Waals surface area contributed by atoms with Gasteiger partial charge < -0.3 is 10.6 Å². The molecule has 2 rings (SSSR count). The van der Waals surface area contributed by atoms with E-state index in [9.17, 15) is 4.79 Å². The first kappa shape index (κ1) is 22.5. The summed E-state index contributed by atoms with van der Waals surface area (Å²) in [5.41, 5.74) is 8.07. The van der Waals surface area contributed by atoms with Gasteiger partial charge >= 0.3 is 0 Å². The molecule has 0 aliphatic carbocycles. The van der Waals surface area contributed by atoms with E-state index in [2.05, 4.69) is 32.8 Å². The van der Waals surface area contributed by atoms with Crippen molar-refractivity contribution in [1.29, 1.82) is 0 Å². The number of rotatable bonds is 6. The van der Waals surface area contributed by atoms with Gasteiger partial charge in [-0.3, -0.25) is 4.79 Å². The third-order valence-electron chi connectivity index (χ3n) is 4.22. The summed E-state index contributed by atoms with van der Waals surface area (Å²) in [5.74, 6) is 0.110. The molecule has 26 heavy (non-hydrogen) atoms. The smallest absolute Gasteiger partial charge is 0.257 e. The highest BCUT2D eigenvalue weighted by Crippen LogP contribution is 2.25. The number of carbonyl (C=O) groups is 1. The minimum Gasteiger partial charge on any atom is -0.341 e. The Bertz CT molecular complexity index is 738. The first-order valence-electron chi connectivity index (χ1n) is 8.45. The highest BCUT2D eigenvalue weighted by atomic mass is 35.5. The molecule has 1 aromatic heterocycles. The lowest BCUT2D eigenvalue weighted by molar-refractivity contribution is 0.0739. The number of benzene rings is 1. The van der Waals surface area contributed by atoms with E-state index in [4.69, 9.17) is 17.3 Å². The molecule has 0 atom stereocenters. The number of amides is 1. The van der Waals surface area contributed by atoms with Crippen LogP contribution in [0.5, 0.6) is 0 Å². The number of hydrogen-bond acceptors (Lipinski definition) is 3. The topological polar surface area (TPSA) is 64.2 Å². The molecule has 2 N–H and O–H groups in total. The van der Waals surface area contributed by atoms with Crippen molar-refractivity contribution in [2.45, 2.75) is 33.6 Å². The van der Waals surface area contributed by atoms with Crippen LogP contribution in [0.2, 0.25) is 5.02 Å². The molecule has 1 aromatic carbocycles. The molecule has 2 aromatic rings. The molecule has 0 radical (unpaired) electrons. The Hall–Kier alpha value is -1.56. The van der Waals surface area contributed by atoms with Crippen LogP contribution in [0.4, 0.5) is 0 Å². The molecular formula is C19H28Cl2N4O. The van der Waals surface area contributed by atoms with Crippen molar-refractivity contribution < 1.29 is 4.79 Å². The van der Waals surface area contributed by atoms with E-state index in [1.54, 1.807) is 11.1 Å². The molecule has 0 saturated carbocycles. The largest absolute Gasteiger partial charge is 0.341 e. The third kappa shape index (κ3) is 5.00. The fourth-order valence-electron chi connectivity index (χ4n) is 2.85. The van der Waals surface area contributed by atoms with Gasteiger partial charge in [0.1, 0.15) is 0 Å². The fraction of sp³-hybridized carbons (Fsp3) is 0.474. The van der Waals surface area contributed by atoms with Gasteiger partial charge in [-0.1, -0.05) is 39.3 Å². The van der Waals surface area contributed by atoms with Gasteiger partial charge in [-0.2, -0.15) is 5.10 Å². The van der Waals surface area contributed by atoms with Gasteiger partial charge in [0.25, 0.3) is 5.91 Å². The maximum absolute atomic E-state index is 13.0. The standard InChI is InChI=1S/C19H27ClN4O.ClH/c1-13(2)17-16(18(25)23(5)12-19(3,4)11-21)10-22-24(17)15-8-6-14(20)7-9-15;/h6-10,13H,11-12,21H2,1-5H3;1H. The Kier molecular flexibility index (Phi) is 7.69. The molecule has 0 aliphatic rings. The molecular weight excluding hydrogens is 371 g/mol. The van der Waals surface area contributed by atoms with Crippen molar-refractivity contribution in [3.63, 3.8) is 0 Å². The first-order valence-corrected chi connectivity index (χ1v) is 8.83. The third-order valence-corrected chi connectivity index (χ3v) is 4.47. The number of hydrogen-bond donors (Lipinski definition) is 1. The molecule has 5 nitrogen and oxygen atoms in total. The van der Waals surface area contributed by atoms with E-state index in [1.165, 1.54) is 0 Å². The SMILES string of the molecule is CC(C)c1c(C(=O)N(C)CC(C)(C)CN)cnn1-c1ccc(Cl)cc1.Cl. The zero-order valence-corrected chi connectivity index (χ0v) is 17.6. The summed E-state index contributed by atoms with van der Waals surface area (Å²) >= 11 is 5.97. The second kappa shape index (κ2) is 8.89. The van der Waals surface area contributed by atoms with Gasteiger partial charge in [0, 0.05) is 18.6 Å². The molecule has 0 unspecified atom stereocenters. The van der Waals surface area contributed by atoms with E-state index in [0.717, 1.165) is 11.4 Å². The lowest BCUT2D eigenvalue weighted by Gasteiger charge is -2.29. The Morgan fingerprint density at radius 1 is 1.31 bits per heavy atom. The van der Waals surface area contributed by atoms with Crippen LogP contribution in [-0.2, 0) is 0 Å². The minimum atomic E-state index is -0.130. The Balaban J connectivity index is 0.00000338. The van der Waals surface area contributed by atoms with Crippen molar-refractivity contribution in [3.05, 3.63) is 46.7 Å².